The molecule has 1 fully saturated rings. The molecule has 1 aliphatic rings. The molecule has 0 aromatic heterocycles. The maximum atomic E-state index is 5.78. The van der Waals surface area contributed by atoms with Gasteiger partial charge in [0.1, 0.15) is 11.5 Å². The second-order valence-electron chi connectivity index (χ2n) is 6.50. The first-order chi connectivity index (χ1) is 12.2. The van der Waals surface area contributed by atoms with Crippen molar-refractivity contribution in [2.75, 3.05) is 13.2 Å². The van der Waals surface area contributed by atoms with E-state index in [4.69, 9.17) is 9.47 Å². The molecule has 0 amide bonds. The lowest BCUT2D eigenvalue weighted by molar-refractivity contribution is 0.294. The molecule has 2 aromatic carbocycles. The minimum atomic E-state index is 0.111. The van der Waals surface area contributed by atoms with Gasteiger partial charge >= 0.3 is 0 Å². The number of alkyl halides is 2. The lowest BCUT2D eigenvalue weighted by Gasteiger charge is -2.06. The van der Waals surface area contributed by atoms with Gasteiger partial charge in [-0.1, -0.05) is 68.3 Å². The third kappa shape index (κ3) is 5.49. The maximum absolute atomic E-state index is 5.78. The van der Waals surface area contributed by atoms with Gasteiger partial charge < -0.3 is 9.47 Å². The van der Waals surface area contributed by atoms with Crippen molar-refractivity contribution in [2.45, 2.75) is 28.9 Å². The first-order valence-electron chi connectivity index (χ1n) is 8.91. The Morgan fingerprint density at radius 1 is 0.680 bits per heavy atom. The van der Waals surface area contributed by atoms with Gasteiger partial charge in [-0.15, -0.1) is 0 Å². The minimum absolute atomic E-state index is 0.111. The highest BCUT2D eigenvalue weighted by molar-refractivity contribution is 9.25. The van der Waals surface area contributed by atoms with Gasteiger partial charge in [-0.25, -0.2) is 0 Å². The van der Waals surface area contributed by atoms with Gasteiger partial charge in [0.2, 0.25) is 0 Å². The summed E-state index contributed by atoms with van der Waals surface area (Å²) < 4.78 is 11.7. The van der Waals surface area contributed by atoms with Crippen LogP contribution in [0.2, 0.25) is 0 Å². The van der Waals surface area contributed by atoms with Crippen molar-refractivity contribution in [1.82, 2.24) is 0 Å². The number of halogens is 2. The van der Waals surface area contributed by atoms with E-state index in [9.17, 15) is 0 Å². The zero-order valence-corrected chi connectivity index (χ0v) is 17.4. The molecule has 0 N–H and O–H groups in total. The van der Waals surface area contributed by atoms with Gasteiger partial charge in [-0.05, 0) is 61.8 Å². The molecule has 25 heavy (non-hydrogen) atoms. The lowest BCUT2D eigenvalue weighted by Crippen LogP contribution is -1.99. The highest BCUT2D eigenvalue weighted by Gasteiger charge is 2.60. The number of rotatable bonds is 10. The van der Waals surface area contributed by atoms with Crippen molar-refractivity contribution >= 4 is 31.9 Å². The summed E-state index contributed by atoms with van der Waals surface area (Å²) in [6.45, 7) is 1.56. The van der Waals surface area contributed by atoms with Crippen LogP contribution < -0.4 is 9.47 Å². The summed E-state index contributed by atoms with van der Waals surface area (Å²) in [4.78, 5) is 0. The van der Waals surface area contributed by atoms with Crippen molar-refractivity contribution < 1.29 is 9.47 Å². The van der Waals surface area contributed by atoms with Crippen LogP contribution in [0, 0.1) is 11.8 Å². The molecule has 0 bridgehead atoms. The average Bonchev–Trinajstić information content (AvgIpc) is 3.16. The second-order valence-corrected chi connectivity index (χ2v) is 10.2. The molecule has 0 radical (unpaired) electrons. The van der Waals surface area contributed by atoms with E-state index in [1.54, 1.807) is 0 Å². The van der Waals surface area contributed by atoms with Crippen molar-refractivity contribution in [3.8, 4) is 11.5 Å². The van der Waals surface area contributed by atoms with Crippen LogP contribution in [0.5, 0.6) is 11.5 Å². The van der Waals surface area contributed by atoms with Crippen LogP contribution in [0.15, 0.2) is 60.7 Å². The van der Waals surface area contributed by atoms with E-state index in [2.05, 4.69) is 31.9 Å². The Bertz CT molecular complexity index is 575. The molecule has 2 atom stereocenters. The molecule has 0 heterocycles. The van der Waals surface area contributed by atoms with Crippen molar-refractivity contribution in [1.29, 1.82) is 0 Å². The molecule has 1 aliphatic carbocycles. The molecule has 1 saturated carbocycles. The summed E-state index contributed by atoms with van der Waals surface area (Å²) in [5.41, 5.74) is 0. The zero-order chi connectivity index (χ0) is 17.5. The Morgan fingerprint density at radius 3 is 1.48 bits per heavy atom. The number of hydrogen-bond donors (Lipinski definition) is 0. The summed E-state index contributed by atoms with van der Waals surface area (Å²) in [5, 5.41) is 0. The van der Waals surface area contributed by atoms with E-state index in [-0.39, 0.29) is 3.23 Å². The Labute approximate surface area is 167 Å². The molecule has 2 nitrogen and oxygen atoms in total. The summed E-state index contributed by atoms with van der Waals surface area (Å²) in [7, 11) is 0. The predicted octanol–water partition coefficient (Wildman–Crippen LogP) is 6.44. The second kappa shape index (κ2) is 9.09. The largest absolute Gasteiger partial charge is 0.494 e. The van der Waals surface area contributed by atoms with Crippen LogP contribution in [-0.4, -0.2) is 16.4 Å². The third-order valence-electron chi connectivity index (χ3n) is 4.71. The molecule has 4 heteroatoms. The summed E-state index contributed by atoms with van der Waals surface area (Å²) in [6, 6.07) is 20.1. The van der Waals surface area contributed by atoms with Crippen LogP contribution in [-0.2, 0) is 0 Å². The standard InChI is InChI=1S/C21H24Br2O2/c22-21(23)19(13-7-15-24-17-9-3-1-4-10-17)20(21)14-8-16-25-18-11-5-2-6-12-18/h1-6,9-12,19-20H,7-8,13-16H2/t19-,20+. The molecular formula is C21H24Br2O2. The highest BCUT2D eigenvalue weighted by Crippen LogP contribution is 2.65. The van der Waals surface area contributed by atoms with Crippen LogP contribution in [0.25, 0.3) is 0 Å². The highest BCUT2D eigenvalue weighted by atomic mass is 79.9. The van der Waals surface area contributed by atoms with Gasteiger partial charge in [-0.2, -0.15) is 0 Å². The molecule has 2 aromatic rings. The fourth-order valence-electron chi connectivity index (χ4n) is 3.27. The molecular weight excluding hydrogens is 444 g/mol. The first-order valence-corrected chi connectivity index (χ1v) is 10.5. The van der Waals surface area contributed by atoms with Crippen molar-refractivity contribution in [2.24, 2.45) is 11.8 Å². The summed E-state index contributed by atoms with van der Waals surface area (Å²) in [6.07, 6.45) is 4.51. The van der Waals surface area contributed by atoms with Crippen LogP contribution >= 0.6 is 31.9 Å². The van der Waals surface area contributed by atoms with E-state index >= 15 is 0 Å². The summed E-state index contributed by atoms with van der Waals surface area (Å²) >= 11 is 7.70. The zero-order valence-electron chi connectivity index (χ0n) is 14.2. The number of para-hydroxylation sites is 2. The Balaban J connectivity index is 1.30. The molecule has 0 aliphatic heterocycles. The van der Waals surface area contributed by atoms with E-state index in [0.717, 1.165) is 37.6 Å². The van der Waals surface area contributed by atoms with Gasteiger partial charge in [-0.3, -0.25) is 0 Å². The third-order valence-corrected chi connectivity index (χ3v) is 7.06. The maximum Gasteiger partial charge on any atom is 0.119 e. The van der Waals surface area contributed by atoms with Crippen LogP contribution in [0.3, 0.4) is 0 Å². The Morgan fingerprint density at radius 2 is 1.08 bits per heavy atom. The first kappa shape index (κ1) is 18.8. The Kier molecular flexibility index (Phi) is 6.83. The van der Waals surface area contributed by atoms with E-state index in [1.807, 2.05) is 60.7 Å². The monoisotopic (exact) mass is 466 g/mol. The van der Waals surface area contributed by atoms with E-state index in [0.29, 0.717) is 11.8 Å². The fraction of sp³-hybridized carbons (Fsp3) is 0.429. The van der Waals surface area contributed by atoms with E-state index in [1.165, 1.54) is 12.8 Å². The molecule has 3 rings (SSSR count). The summed E-state index contributed by atoms with van der Waals surface area (Å²) in [5.74, 6) is 3.25. The van der Waals surface area contributed by atoms with Gasteiger partial charge in [0.25, 0.3) is 0 Å². The molecule has 134 valence electrons. The van der Waals surface area contributed by atoms with E-state index < -0.39 is 0 Å². The van der Waals surface area contributed by atoms with Gasteiger partial charge in [0, 0.05) is 0 Å². The number of benzene rings is 2. The normalized spacial score (nSPS) is 20.9. The predicted molar refractivity (Wildman–Crippen MR) is 110 cm³/mol. The fourth-order valence-corrected chi connectivity index (χ4v) is 5.20. The SMILES string of the molecule is BrC1(Br)[C@H](CCCOc2ccccc2)[C@@H]1CCCOc1ccccc1. The molecule has 0 unspecified atom stereocenters. The van der Waals surface area contributed by atoms with Gasteiger partial charge in [0.05, 0.1) is 16.4 Å². The number of hydrogen-bond acceptors (Lipinski definition) is 2. The van der Waals surface area contributed by atoms with Gasteiger partial charge in [0.15, 0.2) is 0 Å². The molecule has 0 spiro atoms. The average molecular weight is 468 g/mol. The van der Waals surface area contributed by atoms with Crippen molar-refractivity contribution in [3.05, 3.63) is 60.7 Å². The number of ether oxygens (including phenoxy) is 2. The quantitative estimate of drug-likeness (QED) is 0.295. The minimum Gasteiger partial charge on any atom is -0.494 e. The lowest BCUT2D eigenvalue weighted by atomic mass is 10.1. The van der Waals surface area contributed by atoms with Crippen molar-refractivity contribution in [3.63, 3.8) is 0 Å². The topological polar surface area (TPSA) is 18.5 Å². The van der Waals surface area contributed by atoms with Crippen LogP contribution in [0.4, 0.5) is 0 Å². The molecule has 0 saturated heterocycles. The van der Waals surface area contributed by atoms with Crippen LogP contribution in [0.1, 0.15) is 25.7 Å². The Hall–Kier alpha value is -1.00. The smallest absolute Gasteiger partial charge is 0.119 e.